The number of fused-ring (bicyclic) bond motifs is 5. The number of halogens is 2. The molecule has 1 aliphatic heterocycles. The van der Waals surface area contributed by atoms with E-state index < -0.39 is 6.04 Å². The molecule has 42 heavy (non-hydrogen) atoms. The average Bonchev–Trinajstić information content (AvgIpc) is 3.32. The molecule has 1 heterocycles. The molecule has 4 aliphatic carbocycles. The van der Waals surface area contributed by atoms with E-state index in [1.807, 2.05) is 6.07 Å². The molecular formula is C35H50Cl2N2O3. The Bertz CT molecular complexity index is 1190. The summed E-state index contributed by atoms with van der Waals surface area (Å²) in [4.78, 5) is 28.1. The van der Waals surface area contributed by atoms with Crippen molar-refractivity contribution in [3.05, 3.63) is 28.2 Å². The largest absolute Gasteiger partial charge is 0.393 e. The van der Waals surface area contributed by atoms with Gasteiger partial charge in [-0.05, 0) is 142 Å². The number of hydrogen-bond donors (Lipinski definition) is 2. The molecule has 1 aromatic carbocycles. The lowest BCUT2D eigenvalue weighted by atomic mass is 9.44. The van der Waals surface area contributed by atoms with E-state index in [4.69, 9.17) is 23.2 Å². The topological polar surface area (TPSA) is 69.6 Å². The first-order valence-corrected chi connectivity index (χ1v) is 17.5. The fourth-order valence-electron chi connectivity index (χ4n) is 11.0. The summed E-state index contributed by atoms with van der Waals surface area (Å²) < 4.78 is 0. The normalized spacial score (nSPS) is 40.6. The summed E-state index contributed by atoms with van der Waals surface area (Å²) in [5.41, 5.74) is 1.51. The van der Waals surface area contributed by atoms with Gasteiger partial charge in [-0.2, -0.15) is 0 Å². The fourth-order valence-corrected chi connectivity index (χ4v) is 11.2. The van der Waals surface area contributed by atoms with Crippen molar-refractivity contribution in [2.45, 2.75) is 116 Å². The predicted molar refractivity (Wildman–Crippen MR) is 170 cm³/mol. The van der Waals surface area contributed by atoms with Crippen molar-refractivity contribution in [2.24, 2.45) is 46.3 Å². The summed E-state index contributed by atoms with van der Waals surface area (Å²) in [6.07, 6.45) is 13.9. The molecule has 1 saturated heterocycles. The van der Waals surface area contributed by atoms with Crippen LogP contribution in [-0.2, 0) is 9.59 Å². The Kier molecular flexibility index (Phi) is 8.70. The third-order valence-electron chi connectivity index (χ3n) is 13.2. The van der Waals surface area contributed by atoms with Gasteiger partial charge in [-0.3, -0.25) is 9.59 Å². The maximum Gasteiger partial charge on any atom is 0.249 e. The van der Waals surface area contributed by atoms with Gasteiger partial charge in [0, 0.05) is 18.7 Å². The van der Waals surface area contributed by atoms with Crippen LogP contribution in [0, 0.1) is 46.3 Å². The smallest absolute Gasteiger partial charge is 0.249 e. The van der Waals surface area contributed by atoms with Crippen molar-refractivity contribution in [2.75, 3.05) is 11.4 Å². The van der Waals surface area contributed by atoms with Gasteiger partial charge in [-0.25, -0.2) is 0 Å². The van der Waals surface area contributed by atoms with Crippen LogP contribution in [0.15, 0.2) is 18.2 Å². The third-order valence-corrected chi connectivity index (χ3v) is 14.0. The highest BCUT2D eigenvalue weighted by Crippen LogP contribution is 2.68. The Hall–Kier alpha value is -1.30. The molecule has 1 unspecified atom stereocenters. The van der Waals surface area contributed by atoms with Gasteiger partial charge in [-0.1, -0.05) is 44.0 Å². The van der Waals surface area contributed by atoms with Gasteiger partial charge in [0.1, 0.15) is 6.04 Å². The summed E-state index contributed by atoms with van der Waals surface area (Å²) >= 11 is 12.3. The van der Waals surface area contributed by atoms with Crippen molar-refractivity contribution >= 4 is 40.7 Å². The molecule has 5 aliphatic rings. The minimum absolute atomic E-state index is 0.00895. The number of carbonyl (C=O) groups excluding carboxylic acids is 2. The van der Waals surface area contributed by atoms with Gasteiger partial charge in [0.05, 0.1) is 16.1 Å². The number of anilines is 1. The zero-order valence-corrected chi connectivity index (χ0v) is 27.2. The SMILES string of the molecule is C[C@H](CCC(=O)NC1CCCN(c2ccc(Cl)c(Cl)c2)C1=O)[C@H]1CC[C@H]2[C@@H]3CC[C@@H]4C[C@H](O)CC[C@]4(C)[C@H]3CC[C@]12C. The molecule has 6 rings (SSSR count). The number of hydrogen-bond acceptors (Lipinski definition) is 3. The molecule has 1 aromatic rings. The molecule has 5 nitrogen and oxygen atoms in total. The summed E-state index contributed by atoms with van der Waals surface area (Å²) in [5.74, 6) is 4.23. The highest BCUT2D eigenvalue weighted by atomic mass is 35.5. The van der Waals surface area contributed by atoms with E-state index in [2.05, 4.69) is 26.1 Å². The van der Waals surface area contributed by atoms with E-state index in [1.54, 1.807) is 17.0 Å². The highest BCUT2D eigenvalue weighted by Gasteiger charge is 2.60. The van der Waals surface area contributed by atoms with E-state index in [1.165, 1.54) is 44.9 Å². The molecule has 0 aromatic heterocycles. The molecule has 10 atom stereocenters. The van der Waals surface area contributed by atoms with E-state index >= 15 is 0 Å². The Morgan fingerprint density at radius 3 is 2.57 bits per heavy atom. The van der Waals surface area contributed by atoms with Crippen LogP contribution in [0.5, 0.6) is 0 Å². The molecule has 0 radical (unpaired) electrons. The lowest BCUT2D eigenvalue weighted by molar-refractivity contribution is -0.130. The monoisotopic (exact) mass is 616 g/mol. The van der Waals surface area contributed by atoms with Crippen LogP contribution in [0.3, 0.4) is 0 Å². The zero-order chi connectivity index (χ0) is 29.8. The van der Waals surface area contributed by atoms with Crippen molar-refractivity contribution < 1.29 is 14.7 Å². The van der Waals surface area contributed by atoms with Gasteiger partial charge in [0.15, 0.2) is 0 Å². The molecule has 2 N–H and O–H groups in total. The van der Waals surface area contributed by atoms with Crippen molar-refractivity contribution in [1.29, 1.82) is 0 Å². The van der Waals surface area contributed by atoms with Crippen LogP contribution in [-0.4, -0.2) is 35.6 Å². The van der Waals surface area contributed by atoms with Crippen LogP contribution >= 0.6 is 23.2 Å². The van der Waals surface area contributed by atoms with Crippen LogP contribution in [0.4, 0.5) is 5.69 Å². The summed E-state index contributed by atoms with van der Waals surface area (Å²) in [6, 6.07) is 4.76. The summed E-state index contributed by atoms with van der Waals surface area (Å²) in [6.45, 7) is 8.14. The molecule has 0 spiro atoms. The molecule has 2 amide bonds. The first kappa shape index (κ1) is 30.7. The van der Waals surface area contributed by atoms with Crippen molar-refractivity contribution in [3.63, 3.8) is 0 Å². The number of nitrogens with one attached hydrogen (secondary N) is 1. The van der Waals surface area contributed by atoms with Gasteiger partial charge < -0.3 is 15.3 Å². The lowest BCUT2D eigenvalue weighted by Crippen LogP contribution is -2.54. The summed E-state index contributed by atoms with van der Waals surface area (Å²) in [7, 11) is 0. The van der Waals surface area contributed by atoms with Crippen LogP contribution in [0.2, 0.25) is 10.0 Å². The van der Waals surface area contributed by atoms with Crippen molar-refractivity contribution in [3.8, 4) is 0 Å². The number of rotatable bonds is 6. The van der Waals surface area contributed by atoms with Gasteiger partial charge in [0.2, 0.25) is 11.8 Å². The number of carbonyl (C=O) groups is 2. The van der Waals surface area contributed by atoms with Gasteiger partial charge in [-0.15, -0.1) is 0 Å². The number of nitrogens with zero attached hydrogens (tertiary/aromatic N) is 1. The molecule has 5 fully saturated rings. The van der Waals surface area contributed by atoms with Gasteiger partial charge >= 0.3 is 0 Å². The number of benzene rings is 1. The Labute approximate surface area is 262 Å². The highest BCUT2D eigenvalue weighted by molar-refractivity contribution is 6.42. The molecule has 4 saturated carbocycles. The Morgan fingerprint density at radius 2 is 1.79 bits per heavy atom. The van der Waals surface area contributed by atoms with Gasteiger partial charge in [0.25, 0.3) is 0 Å². The Balaban J connectivity index is 1.04. The average molecular weight is 618 g/mol. The number of aliphatic hydroxyl groups excluding tert-OH is 1. The first-order valence-electron chi connectivity index (χ1n) is 16.7. The predicted octanol–water partition coefficient (Wildman–Crippen LogP) is 8.04. The lowest BCUT2D eigenvalue weighted by Gasteiger charge is -2.61. The van der Waals surface area contributed by atoms with E-state index in [9.17, 15) is 14.7 Å². The second-order valence-corrected chi connectivity index (χ2v) is 16.0. The number of aliphatic hydroxyl groups is 1. The first-order chi connectivity index (χ1) is 20.0. The van der Waals surface area contributed by atoms with E-state index in [0.29, 0.717) is 58.0 Å². The maximum atomic E-state index is 13.3. The maximum absolute atomic E-state index is 13.3. The van der Waals surface area contributed by atoms with Crippen LogP contribution in [0.25, 0.3) is 0 Å². The minimum Gasteiger partial charge on any atom is -0.393 e. The third kappa shape index (κ3) is 5.42. The Morgan fingerprint density at radius 1 is 1.02 bits per heavy atom. The zero-order valence-electron chi connectivity index (χ0n) is 25.7. The molecular weight excluding hydrogens is 567 g/mol. The van der Waals surface area contributed by atoms with E-state index in [-0.39, 0.29) is 17.9 Å². The fraction of sp³-hybridized carbons (Fsp3) is 0.771. The van der Waals surface area contributed by atoms with Crippen molar-refractivity contribution in [1.82, 2.24) is 5.32 Å². The minimum atomic E-state index is -0.489. The number of amides is 2. The molecule has 7 heteroatoms. The number of piperidine rings is 1. The van der Waals surface area contributed by atoms with Crippen LogP contribution in [0.1, 0.15) is 104 Å². The molecule has 0 bridgehead atoms. The second-order valence-electron chi connectivity index (χ2n) is 15.2. The quantitative estimate of drug-likeness (QED) is 0.340. The van der Waals surface area contributed by atoms with E-state index in [0.717, 1.165) is 49.1 Å². The second kappa shape index (κ2) is 11.9. The van der Waals surface area contributed by atoms with Crippen LogP contribution < -0.4 is 10.2 Å². The molecule has 232 valence electrons. The summed E-state index contributed by atoms with van der Waals surface area (Å²) in [5, 5.41) is 14.3. The standard InChI is InChI=1S/C35H50Cl2N2O3/c1-21(6-13-32(41)38-31-5-4-18-39(33(31)42)23-8-12-29(36)30(37)20-23)26-10-11-27-25-9-7-22-19-24(40)14-16-34(22,2)28(25)15-17-35(26,27)3/h8,12,20-22,24-28,31,40H,4-7,9-11,13-19H2,1-3H3,(H,38,41)/t21-,22-,24-,25+,26-,27+,28+,31?,34+,35-/m1/s1.